The van der Waals surface area contributed by atoms with Crippen molar-refractivity contribution >= 4 is 5.69 Å². The number of hydrogen-bond acceptors (Lipinski definition) is 3. The summed E-state index contributed by atoms with van der Waals surface area (Å²) in [7, 11) is 2.02. The Morgan fingerprint density at radius 2 is 1.73 bits per heavy atom. The number of anilines is 1. The normalized spacial score (nSPS) is 10.6. The number of allylic oxidation sites excluding steroid dienone is 1. The molecule has 0 fully saturated rings. The molecule has 3 aromatic rings. The van der Waals surface area contributed by atoms with Crippen LogP contribution in [0.3, 0.4) is 0 Å². The lowest BCUT2D eigenvalue weighted by Crippen LogP contribution is -2.14. The SMILES string of the molecule is C#Cc1ccc(Cc2cncc(-c3ccc(C)c(N(C)C(=C)C)c3)n2)cc1.CCC(C)(C)C. The summed E-state index contributed by atoms with van der Waals surface area (Å²) < 4.78 is 0. The molecule has 0 amide bonds. The molecule has 0 aliphatic rings. The van der Waals surface area contributed by atoms with Gasteiger partial charge in [0.2, 0.25) is 0 Å². The molecule has 0 saturated heterocycles. The molecule has 0 spiro atoms. The van der Waals surface area contributed by atoms with Crippen LogP contribution in [0.15, 0.2) is 67.1 Å². The number of hydrogen-bond donors (Lipinski definition) is 0. The van der Waals surface area contributed by atoms with Crippen molar-refractivity contribution in [2.75, 3.05) is 11.9 Å². The summed E-state index contributed by atoms with van der Waals surface area (Å²) in [6.45, 7) is 17.1. The molecule has 0 bridgehead atoms. The van der Waals surface area contributed by atoms with Gasteiger partial charge in [-0.3, -0.25) is 4.98 Å². The molecule has 33 heavy (non-hydrogen) atoms. The minimum absolute atomic E-state index is 0.542. The zero-order chi connectivity index (χ0) is 24.6. The number of benzene rings is 2. The molecule has 0 saturated carbocycles. The predicted octanol–water partition coefficient (Wildman–Crippen LogP) is 7.44. The fourth-order valence-corrected chi connectivity index (χ4v) is 2.89. The summed E-state index contributed by atoms with van der Waals surface area (Å²) in [5.41, 5.74) is 8.73. The highest BCUT2D eigenvalue weighted by molar-refractivity contribution is 5.69. The molecule has 3 rings (SSSR count). The van der Waals surface area contributed by atoms with Crippen LogP contribution in [0.2, 0.25) is 0 Å². The van der Waals surface area contributed by atoms with Gasteiger partial charge in [-0.1, -0.05) is 70.9 Å². The lowest BCUT2D eigenvalue weighted by Gasteiger charge is -2.22. The Bertz CT molecular complexity index is 1110. The van der Waals surface area contributed by atoms with Gasteiger partial charge in [-0.25, -0.2) is 4.98 Å². The second-order valence-corrected chi connectivity index (χ2v) is 9.62. The van der Waals surface area contributed by atoms with Crippen molar-refractivity contribution in [3.63, 3.8) is 0 Å². The number of aromatic nitrogens is 2. The molecule has 0 atom stereocenters. The number of rotatable bonds is 5. The van der Waals surface area contributed by atoms with Gasteiger partial charge in [-0.05, 0) is 48.6 Å². The van der Waals surface area contributed by atoms with Gasteiger partial charge in [0, 0.05) is 42.2 Å². The first-order chi connectivity index (χ1) is 15.5. The summed E-state index contributed by atoms with van der Waals surface area (Å²) in [5, 5.41) is 0. The maximum absolute atomic E-state index is 5.42. The van der Waals surface area contributed by atoms with E-state index >= 15 is 0 Å². The lowest BCUT2D eigenvalue weighted by molar-refractivity contribution is 0.398. The van der Waals surface area contributed by atoms with Crippen LogP contribution in [0, 0.1) is 24.7 Å². The van der Waals surface area contributed by atoms with E-state index in [0.717, 1.165) is 45.9 Å². The number of nitrogens with zero attached hydrogens (tertiary/aromatic N) is 3. The molecule has 0 radical (unpaired) electrons. The van der Waals surface area contributed by atoms with Crippen molar-refractivity contribution in [2.45, 2.75) is 54.4 Å². The Hall–Kier alpha value is -3.38. The third-order valence-electron chi connectivity index (χ3n) is 5.69. The minimum atomic E-state index is 0.542. The average Bonchev–Trinajstić information content (AvgIpc) is 2.79. The highest BCUT2D eigenvalue weighted by Crippen LogP contribution is 2.28. The van der Waals surface area contributed by atoms with E-state index in [-0.39, 0.29) is 0 Å². The van der Waals surface area contributed by atoms with E-state index in [1.807, 2.05) is 44.4 Å². The second kappa shape index (κ2) is 11.5. The van der Waals surface area contributed by atoms with Gasteiger partial charge in [0.15, 0.2) is 0 Å². The first-order valence-corrected chi connectivity index (χ1v) is 11.4. The topological polar surface area (TPSA) is 29.0 Å². The van der Waals surface area contributed by atoms with E-state index in [2.05, 4.69) is 75.2 Å². The van der Waals surface area contributed by atoms with E-state index in [0.29, 0.717) is 5.41 Å². The van der Waals surface area contributed by atoms with Crippen LogP contribution in [0.1, 0.15) is 63.4 Å². The highest BCUT2D eigenvalue weighted by atomic mass is 15.1. The van der Waals surface area contributed by atoms with Crippen molar-refractivity contribution in [1.29, 1.82) is 0 Å². The Morgan fingerprint density at radius 1 is 1.09 bits per heavy atom. The molecule has 172 valence electrons. The van der Waals surface area contributed by atoms with E-state index in [1.54, 1.807) is 6.20 Å². The maximum Gasteiger partial charge on any atom is 0.0889 e. The summed E-state index contributed by atoms with van der Waals surface area (Å²) >= 11 is 0. The molecule has 0 unspecified atom stereocenters. The molecule has 2 aromatic carbocycles. The predicted molar refractivity (Wildman–Crippen MR) is 142 cm³/mol. The van der Waals surface area contributed by atoms with Crippen LogP contribution in [-0.4, -0.2) is 17.0 Å². The Kier molecular flexibility index (Phi) is 9.00. The minimum Gasteiger partial charge on any atom is -0.349 e. The zero-order valence-electron chi connectivity index (χ0n) is 21.2. The molecule has 3 heteroatoms. The molecular formula is C30H37N3. The summed E-state index contributed by atoms with van der Waals surface area (Å²) in [4.78, 5) is 11.3. The van der Waals surface area contributed by atoms with Crippen LogP contribution < -0.4 is 4.90 Å². The lowest BCUT2D eigenvalue weighted by atomic mass is 9.94. The van der Waals surface area contributed by atoms with Gasteiger partial charge >= 0.3 is 0 Å². The fourth-order valence-electron chi connectivity index (χ4n) is 2.89. The maximum atomic E-state index is 5.42. The molecular weight excluding hydrogens is 402 g/mol. The van der Waals surface area contributed by atoms with Crippen LogP contribution in [0.5, 0.6) is 0 Å². The van der Waals surface area contributed by atoms with Gasteiger partial charge < -0.3 is 4.90 Å². The van der Waals surface area contributed by atoms with Crippen LogP contribution >= 0.6 is 0 Å². The first kappa shape index (κ1) is 25.9. The fraction of sp³-hybridized carbons (Fsp3) is 0.333. The van der Waals surface area contributed by atoms with Crippen molar-refractivity contribution < 1.29 is 0 Å². The third kappa shape index (κ3) is 7.91. The van der Waals surface area contributed by atoms with Gasteiger partial charge in [0.05, 0.1) is 17.6 Å². The van der Waals surface area contributed by atoms with Gasteiger partial charge in [0.1, 0.15) is 0 Å². The van der Waals surface area contributed by atoms with Gasteiger partial charge in [-0.15, -0.1) is 6.42 Å². The second-order valence-electron chi connectivity index (χ2n) is 9.62. The molecule has 0 aliphatic heterocycles. The monoisotopic (exact) mass is 439 g/mol. The van der Waals surface area contributed by atoms with Crippen molar-refractivity contribution in [3.05, 3.63) is 89.5 Å². The quantitative estimate of drug-likeness (QED) is 0.387. The van der Waals surface area contributed by atoms with Crippen molar-refractivity contribution in [3.8, 4) is 23.6 Å². The average molecular weight is 440 g/mol. The Balaban J connectivity index is 0.000000569. The van der Waals surface area contributed by atoms with E-state index < -0.39 is 0 Å². The van der Waals surface area contributed by atoms with Crippen molar-refractivity contribution in [1.82, 2.24) is 9.97 Å². The molecule has 1 heterocycles. The third-order valence-corrected chi connectivity index (χ3v) is 5.69. The standard InChI is InChI=1S/C24H23N3.C6H14/c1-6-19-8-10-20(11-9-19)13-22-15-25-16-23(26-22)21-12-7-18(4)24(14-21)27(5)17(2)3;1-5-6(2,3)4/h1,7-12,14-16H,2,13H2,3-5H3;5H2,1-4H3. The van der Waals surface area contributed by atoms with Gasteiger partial charge in [0.25, 0.3) is 0 Å². The smallest absolute Gasteiger partial charge is 0.0889 e. The van der Waals surface area contributed by atoms with Crippen LogP contribution in [0.4, 0.5) is 5.69 Å². The summed E-state index contributed by atoms with van der Waals surface area (Å²) in [6, 6.07) is 14.3. The number of aryl methyl sites for hydroxylation is 1. The van der Waals surface area contributed by atoms with Gasteiger partial charge in [-0.2, -0.15) is 0 Å². The van der Waals surface area contributed by atoms with Crippen molar-refractivity contribution in [2.24, 2.45) is 5.41 Å². The zero-order valence-corrected chi connectivity index (χ0v) is 21.2. The van der Waals surface area contributed by atoms with E-state index in [1.165, 1.54) is 12.0 Å². The molecule has 3 nitrogen and oxygen atoms in total. The van der Waals surface area contributed by atoms with Crippen LogP contribution in [-0.2, 0) is 6.42 Å². The summed E-state index contributed by atoms with van der Waals surface area (Å²) in [5.74, 6) is 2.64. The first-order valence-electron chi connectivity index (χ1n) is 11.4. The largest absolute Gasteiger partial charge is 0.349 e. The van der Waals surface area contributed by atoms with E-state index in [9.17, 15) is 0 Å². The van der Waals surface area contributed by atoms with Crippen LogP contribution in [0.25, 0.3) is 11.3 Å². The highest BCUT2D eigenvalue weighted by Gasteiger charge is 2.10. The molecule has 1 aromatic heterocycles. The Morgan fingerprint density at radius 3 is 2.27 bits per heavy atom. The Labute approximate surface area is 200 Å². The molecule has 0 N–H and O–H groups in total. The molecule has 0 aliphatic carbocycles. The van der Waals surface area contributed by atoms with E-state index in [4.69, 9.17) is 11.4 Å². The number of terminal acetylenes is 1. The summed E-state index contributed by atoms with van der Waals surface area (Å²) in [6.07, 6.45) is 11.0.